The Labute approximate surface area is 160 Å². The van der Waals surface area contributed by atoms with Gasteiger partial charge < -0.3 is 4.52 Å². The lowest BCUT2D eigenvalue weighted by Gasteiger charge is -2.16. The predicted octanol–water partition coefficient (Wildman–Crippen LogP) is 5.33. The Hall–Kier alpha value is -2.47. The van der Waals surface area contributed by atoms with E-state index in [1.807, 2.05) is 42.5 Å². The fraction of sp³-hybridized carbons (Fsp3) is 0.100. The third-order valence-corrected chi connectivity index (χ3v) is 5.18. The smallest absolute Gasteiger partial charge is 0.240 e. The fourth-order valence-electron chi connectivity index (χ4n) is 2.72. The minimum Gasteiger partial charge on any atom is -0.338 e. The lowest BCUT2D eigenvalue weighted by Crippen LogP contribution is -2.21. The molecule has 0 saturated carbocycles. The molecule has 26 heavy (non-hydrogen) atoms. The van der Waals surface area contributed by atoms with E-state index < -0.39 is 0 Å². The molecule has 0 spiro atoms. The Kier molecular flexibility index (Phi) is 5.11. The molecule has 0 aliphatic heterocycles. The van der Waals surface area contributed by atoms with E-state index in [0.29, 0.717) is 23.3 Å². The summed E-state index contributed by atoms with van der Waals surface area (Å²) in [5.41, 5.74) is 2.08. The number of rotatable bonds is 6. The average molecular weight is 382 g/mol. The first kappa shape index (κ1) is 17.0. The van der Waals surface area contributed by atoms with Crippen molar-refractivity contribution in [2.75, 3.05) is 0 Å². The van der Waals surface area contributed by atoms with Gasteiger partial charge in [0.25, 0.3) is 0 Å². The van der Waals surface area contributed by atoms with Crippen molar-refractivity contribution in [2.45, 2.75) is 12.6 Å². The van der Waals surface area contributed by atoms with Crippen LogP contribution >= 0.6 is 22.9 Å². The van der Waals surface area contributed by atoms with Crippen LogP contribution in [-0.2, 0) is 6.54 Å². The molecular weight excluding hydrogens is 366 g/mol. The van der Waals surface area contributed by atoms with E-state index in [2.05, 4.69) is 45.1 Å². The summed E-state index contributed by atoms with van der Waals surface area (Å²) in [5.74, 6) is 1.11. The van der Waals surface area contributed by atoms with Gasteiger partial charge >= 0.3 is 0 Å². The highest BCUT2D eigenvalue weighted by atomic mass is 35.5. The highest BCUT2D eigenvalue weighted by molar-refractivity contribution is 7.10. The number of aromatic nitrogens is 2. The van der Waals surface area contributed by atoms with Gasteiger partial charge in [-0.1, -0.05) is 53.2 Å². The molecule has 1 N–H and O–H groups in total. The number of thiophene rings is 1. The number of nitrogens with one attached hydrogen (secondary N) is 1. The second kappa shape index (κ2) is 7.83. The minimum absolute atomic E-state index is 0.0853. The molecule has 0 unspecified atom stereocenters. The van der Waals surface area contributed by atoms with E-state index in [9.17, 15) is 0 Å². The van der Waals surface area contributed by atoms with E-state index >= 15 is 0 Å². The molecule has 0 bridgehead atoms. The van der Waals surface area contributed by atoms with E-state index in [0.717, 1.165) is 5.56 Å². The van der Waals surface area contributed by atoms with Crippen molar-refractivity contribution in [1.82, 2.24) is 15.5 Å². The van der Waals surface area contributed by atoms with Gasteiger partial charge in [0, 0.05) is 15.5 Å². The molecule has 0 aliphatic carbocycles. The van der Waals surface area contributed by atoms with Gasteiger partial charge in [-0.3, -0.25) is 5.32 Å². The normalized spacial score (nSPS) is 12.2. The van der Waals surface area contributed by atoms with Crippen LogP contribution in [0.1, 0.15) is 22.4 Å². The molecule has 0 saturated heterocycles. The first-order valence-electron chi connectivity index (χ1n) is 8.20. The number of halogens is 1. The molecule has 4 nitrogen and oxygen atoms in total. The summed E-state index contributed by atoms with van der Waals surface area (Å²) >= 11 is 7.65. The Balaban J connectivity index is 1.51. The number of hydrogen-bond donors (Lipinski definition) is 1. The van der Waals surface area contributed by atoms with Crippen LogP contribution in [-0.4, -0.2) is 10.1 Å². The van der Waals surface area contributed by atoms with Crippen LogP contribution in [0.15, 0.2) is 76.6 Å². The van der Waals surface area contributed by atoms with E-state index in [1.165, 1.54) is 10.4 Å². The molecule has 6 heteroatoms. The summed E-state index contributed by atoms with van der Waals surface area (Å²) in [7, 11) is 0. The zero-order valence-electron chi connectivity index (χ0n) is 13.8. The average Bonchev–Trinajstić information content (AvgIpc) is 3.36. The van der Waals surface area contributed by atoms with Crippen LogP contribution in [0.2, 0.25) is 5.02 Å². The van der Waals surface area contributed by atoms with E-state index in [1.54, 1.807) is 11.3 Å². The predicted molar refractivity (Wildman–Crippen MR) is 104 cm³/mol. The SMILES string of the molecule is Clc1ccc(-c2noc(CN[C@@H](c3ccccc3)c3cccs3)n2)cc1. The number of benzene rings is 2. The van der Waals surface area contributed by atoms with Gasteiger partial charge in [-0.15, -0.1) is 11.3 Å². The molecule has 2 heterocycles. The summed E-state index contributed by atoms with van der Waals surface area (Å²) in [6.45, 7) is 0.484. The van der Waals surface area contributed by atoms with Crippen LogP contribution in [0.5, 0.6) is 0 Å². The molecule has 4 aromatic rings. The quantitative estimate of drug-likeness (QED) is 0.490. The summed E-state index contributed by atoms with van der Waals surface area (Å²) in [4.78, 5) is 5.72. The van der Waals surface area contributed by atoms with Crippen LogP contribution in [0.25, 0.3) is 11.4 Å². The van der Waals surface area contributed by atoms with Gasteiger partial charge in [0.1, 0.15) is 0 Å². The largest absolute Gasteiger partial charge is 0.338 e. The lowest BCUT2D eigenvalue weighted by molar-refractivity contribution is 0.363. The van der Waals surface area contributed by atoms with Gasteiger partial charge in [0.05, 0.1) is 12.6 Å². The third kappa shape index (κ3) is 3.85. The summed E-state index contributed by atoms with van der Waals surface area (Å²) in [6, 6.07) is 22.0. The highest BCUT2D eigenvalue weighted by Gasteiger charge is 2.16. The van der Waals surface area contributed by atoms with Crippen molar-refractivity contribution in [3.8, 4) is 11.4 Å². The Morgan fingerprint density at radius 2 is 1.81 bits per heavy atom. The topological polar surface area (TPSA) is 51.0 Å². The zero-order chi connectivity index (χ0) is 17.8. The van der Waals surface area contributed by atoms with Crippen molar-refractivity contribution in [3.05, 3.63) is 93.5 Å². The molecule has 0 amide bonds. The van der Waals surface area contributed by atoms with Crippen molar-refractivity contribution >= 4 is 22.9 Å². The van der Waals surface area contributed by atoms with Gasteiger partial charge in [0.15, 0.2) is 0 Å². The maximum Gasteiger partial charge on any atom is 0.240 e. The van der Waals surface area contributed by atoms with Crippen LogP contribution < -0.4 is 5.32 Å². The molecule has 4 rings (SSSR count). The van der Waals surface area contributed by atoms with Crippen molar-refractivity contribution in [1.29, 1.82) is 0 Å². The van der Waals surface area contributed by atoms with Gasteiger partial charge in [-0.25, -0.2) is 0 Å². The summed E-state index contributed by atoms with van der Waals surface area (Å²) in [5, 5.41) is 10.3. The summed E-state index contributed by atoms with van der Waals surface area (Å²) < 4.78 is 5.40. The van der Waals surface area contributed by atoms with Gasteiger partial charge in [-0.2, -0.15) is 4.98 Å². The van der Waals surface area contributed by atoms with Crippen LogP contribution in [0.4, 0.5) is 0 Å². The number of hydrogen-bond acceptors (Lipinski definition) is 5. The minimum atomic E-state index is 0.0853. The Bertz CT molecular complexity index is 952. The lowest BCUT2D eigenvalue weighted by atomic mass is 10.1. The highest BCUT2D eigenvalue weighted by Crippen LogP contribution is 2.26. The molecule has 2 aromatic carbocycles. The molecule has 0 radical (unpaired) electrons. The third-order valence-electron chi connectivity index (χ3n) is 3.99. The van der Waals surface area contributed by atoms with Crippen LogP contribution in [0.3, 0.4) is 0 Å². The van der Waals surface area contributed by atoms with E-state index in [4.69, 9.17) is 16.1 Å². The molecule has 1 atom stereocenters. The second-order valence-electron chi connectivity index (χ2n) is 5.76. The van der Waals surface area contributed by atoms with Crippen molar-refractivity contribution in [3.63, 3.8) is 0 Å². The standard InChI is InChI=1S/C20H16ClN3OS/c21-16-10-8-15(9-11-16)20-23-18(25-24-20)13-22-19(17-7-4-12-26-17)14-5-2-1-3-6-14/h1-12,19,22H,13H2/t19-/m0/s1. The molecular formula is C20H16ClN3OS. The monoisotopic (exact) mass is 381 g/mol. The first-order chi connectivity index (χ1) is 12.8. The van der Waals surface area contributed by atoms with Gasteiger partial charge in [0.2, 0.25) is 11.7 Å². The van der Waals surface area contributed by atoms with Crippen molar-refractivity contribution in [2.24, 2.45) is 0 Å². The van der Waals surface area contributed by atoms with E-state index in [-0.39, 0.29) is 6.04 Å². The molecule has 0 fully saturated rings. The first-order valence-corrected chi connectivity index (χ1v) is 9.45. The Morgan fingerprint density at radius 3 is 2.54 bits per heavy atom. The zero-order valence-corrected chi connectivity index (χ0v) is 15.4. The van der Waals surface area contributed by atoms with Gasteiger partial charge in [-0.05, 0) is 41.3 Å². The maximum absolute atomic E-state index is 5.92. The van der Waals surface area contributed by atoms with Crippen molar-refractivity contribution < 1.29 is 4.52 Å². The summed E-state index contributed by atoms with van der Waals surface area (Å²) in [6.07, 6.45) is 0. The Morgan fingerprint density at radius 1 is 1.00 bits per heavy atom. The maximum atomic E-state index is 5.92. The fourth-order valence-corrected chi connectivity index (χ4v) is 3.67. The number of nitrogens with zero attached hydrogens (tertiary/aromatic N) is 2. The van der Waals surface area contributed by atoms with Crippen LogP contribution in [0, 0.1) is 0 Å². The molecule has 2 aromatic heterocycles. The molecule has 130 valence electrons. The molecule has 0 aliphatic rings. The second-order valence-corrected chi connectivity index (χ2v) is 7.17.